The lowest BCUT2D eigenvalue weighted by atomic mass is 10.1. The summed E-state index contributed by atoms with van der Waals surface area (Å²) in [6.45, 7) is 5.47. The van der Waals surface area contributed by atoms with Crippen LogP contribution in [0.2, 0.25) is 0 Å². The van der Waals surface area contributed by atoms with E-state index in [2.05, 4.69) is 6.58 Å². The fourth-order valence-electron chi connectivity index (χ4n) is 1.62. The Labute approximate surface area is 92.0 Å². The van der Waals surface area contributed by atoms with Crippen LogP contribution >= 0.6 is 11.8 Å². The van der Waals surface area contributed by atoms with Gasteiger partial charge in [0.05, 0.1) is 11.8 Å². The number of amides is 1. The topological polar surface area (TPSA) is 46.6 Å². The number of nitrogens with zero attached hydrogens (tertiary/aromatic N) is 1. The first kappa shape index (κ1) is 10.3. The van der Waals surface area contributed by atoms with E-state index < -0.39 is 5.97 Å². The van der Waals surface area contributed by atoms with Gasteiger partial charge in [0.1, 0.15) is 12.3 Å². The molecular formula is C10H11NO3S. The molecule has 2 heterocycles. The first-order valence-electron chi connectivity index (χ1n) is 4.62. The summed E-state index contributed by atoms with van der Waals surface area (Å²) >= 11 is 1.55. The minimum absolute atomic E-state index is 0.00472. The van der Waals surface area contributed by atoms with Crippen molar-refractivity contribution in [2.24, 2.45) is 0 Å². The highest BCUT2D eigenvalue weighted by Gasteiger charge is 2.47. The Morgan fingerprint density at radius 3 is 3.13 bits per heavy atom. The third-order valence-electron chi connectivity index (χ3n) is 2.32. The molecule has 0 radical (unpaired) electrons. The van der Waals surface area contributed by atoms with E-state index in [4.69, 9.17) is 4.74 Å². The predicted molar refractivity (Wildman–Crippen MR) is 56.7 cm³/mol. The van der Waals surface area contributed by atoms with Crippen LogP contribution in [0.4, 0.5) is 0 Å². The molecule has 2 rings (SSSR count). The largest absolute Gasteiger partial charge is 0.457 e. The lowest BCUT2D eigenvalue weighted by molar-refractivity contribution is -0.148. The molecule has 1 saturated heterocycles. The molecule has 1 amide bonds. The number of hydrogen-bond acceptors (Lipinski definition) is 4. The second kappa shape index (κ2) is 3.73. The Bertz CT molecular complexity index is 375. The van der Waals surface area contributed by atoms with Gasteiger partial charge in [0.2, 0.25) is 5.91 Å². The van der Waals surface area contributed by atoms with Gasteiger partial charge in [-0.25, -0.2) is 4.79 Å². The standard InChI is InChI=1S/C10H11NO3S/c1-3-4-14-10(13)9-6(2)15-8-5-7(12)11(8)9/h3,8H,1,4-5H2,2H3/t8-/m1/s1. The highest BCUT2D eigenvalue weighted by Crippen LogP contribution is 2.45. The molecule has 0 spiro atoms. The summed E-state index contributed by atoms with van der Waals surface area (Å²) in [6.07, 6.45) is 2.02. The second-order valence-electron chi connectivity index (χ2n) is 3.33. The zero-order valence-corrected chi connectivity index (χ0v) is 9.17. The van der Waals surface area contributed by atoms with Gasteiger partial charge in [-0.2, -0.15) is 0 Å². The van der Waals surface area contributed by atoms with Crippen molar-refractivity contribution in [1.82, 2.24) is 4.90 Å². The summed E-state index contributed by atoms with van der Waals surface area (Å²) < 4.78 is 4.92. The van der Waals surface area contributed by atoms with E-state index in [1.807, 2.05) is 6.92 Å². The molecule has 2 aliphatic heterocycles. The Hall–Kier alpha value is -1.23. The maximum absolute atomic E-state index is 11.6. The van der Waals surface area contributed by atoms with Crippen LogP contribution in [0.5, 0.6) is 0 Å². The molecule has 0 aliphatic carbocycles. The van der Waals surface area contributed by atoms with Gasteiger partial charge in [-0.3, -0.25) is 9.69 Å². The minimum Gasteiger partial charge on any atom is -0.457 e. The molecule has 1 atom stereocenters. The van der Waals surface area contributed by atoms with Crippen molar-refractivity contribution in [3.63, 3.8) is 0 Å². The molecule has 0 N–H and O–H groups in total. The Balaban J connectivity index is 2.13. The third-order valence-corrected chi connectivity index (χ3v) is 3.52. The molecule has 1 fully saturated rings. The van der Waals surface area contributed by atoms with Crippen LogP contribution in [-0.4, -0.2) is 28.8 Å². The summed E-state index contributed by atoms with van der Waals surface area (Å²) in [4.78, 5) is 25.3. The maximum atomic E-state index is 11.6. The van der Waals surface area contributed by atoms with Crippen LogP contribution in [0.3, 0.4) is 0 Å². The van der Waals surface area contributed by atoms with Gasteiger partial charge in [0.15, 0.2) is 0 Å². The van der Waals surface area contributed by atoms with Crippen molar-refractivity contribution in [2.75, 3.05) is 6.61 Å². The van der Waals surface area contributed by atoms with E-state index in [1.165, 1.54) is 11.0 Å². The lowest BCUT2D eigenvalue weighted by Crippen LogP contribution is -2.48. The summed E-state index contributed by atoms with van der Waals surface area (Å²) in [5.41, 5.74) is 0.406. The summed E-state index contributed by atoms with van der Waals surface area (Å²) in [6, 6.07) is 0. The molecular weight excluding hydrogens is 214 g/mol. The predicted octanol–water partition coefficient (Wildman–Crippen LogP) is 1.25. The highest BCUT2D eigenvalue weighted by atomic mass is 32.2. The number of thioether (sulfide) groups is 1. The van der Waals surface area contributed by atoms with E-state index >= 15 is 0 Å². The van der Waals surface area contributed by atoms with Crippen molar-refractivity contribution in [3.8, 4) is 0 Å². The fraction of sp³-hybridized carbons (Fsp3) is 0.400. The molecule has 2 aliphatic rings. The normalized spacial score (nSPS) is 23.7. The third kappa shape index (κ3) is 1.56. The highest BCUT2D eigenvalue weighted by molar-refractivity contribution is 8.04. The van der Waals surface area contributed by atoms with Crippen molar-refractivity contribution >= 4 is 23.6 Å². The number of fused-ring (bicyclic) bond motifs is 1. The monoisotopic (exact) mass is 225 g/mol. The van der Waals surface area contributed by atoms with E-state index in [-0.39, 0.29) is 17.9 Å². The summed E-state index contributed by atoms with van der Waals surface area (Å²) in [5.74, 6) is -0.439. The number of β-lactam (4-membered cyclic amide) rings is 1. The van der Waals surface area contributed by atoms with Gasteiger partial charge in [-0.1, -0.05) is 12.7 Å². The molecule has 0 aromatic heterocycles. The van der Waals surface area contributed by atoms with E-state index in [0.717, 1.165) is 4.91 Å². The number of ether oxygens (including phenoxy) is 1. The summed E-state index contributed by atoms with van der Waals surface area (Å²) in [7, 11) is 0. The van der Waals surface area contributed by atoms with Gasteiger partial charge < -0.3 is 4.74 Å². The molecule has 4 nitrogen and oxygen atoms in total. The van der Waals surface area contributed by atoms with Crippen molar-refractivity contribution in [3.05, 3.63) is 23.3 Å². The van der Waals surface area contributed by atoms with E-state index in [0.29, 0.717) is 12.1 Å². The molecule has 5 heteroatoms. The second-order valence-corrected chi connectivity index (χ2v) is 4.72. The molecule has 0 unspecified atom stereocenters. The van der Waals surface area contributed by atoms with Crippen LogP contribution in [0, 0.1) is 0 Å². The SMILES string of the molecule is C=CCOC(=O)C1=C(C)S[C@@H]2CC(=O)N12. The smallest absolute Gasteiger partial charge is 0.356 e. The number of carbonyl (C=O) groups is 2. The molecule has 0 aromatic carbocycles. The van der Waals surface area contributed by atoms with Crippen molar-refractivity contribution in [1.29, 1.82) is 0 Å². The average molecular weight is 225 g/mol. The van der Waals surface area contributed by atoms with Crippen molar-refractivity contribution in [2.45, 2.75) is 18.7 Å². The quantitative estimate of drug-likeness (QED) is 0.412. The average Bonchev–Trinajstić information content (AvgIpc) is 2.46. The number of carbonyl (C=O) groups excluding carboxylic acids is 2. The number of rotatable bonds is 3. The Morgan fingerprint density at radius 1 is 1.80 bits per heavy atom. The lowest BCUT2D eigenvalue weighted by Gasteiger charge is -2.34. The van der Waals surface area contributed by atoms with E-state index in [9.17, 15) is 9.59 Å². The minimum atomic E-state index is -0.435. The van der Waals surface area contributed by atoms with Crippen LogP contribution < -0.4 is 0 Å². The Kier molecular flexibility index (Phi) is 2.56. The maximum Gasteiger partial charge on any atom is 0.356 e. The van der Waals surface area contributed by atoms with Gasteiger partial charge in [-0.05, 0) is 6.92 Å². The van der Waals surface area contributed by atoms with Crippen LogP contribution in [0.1, 0.15) is 13.3 Å². The van der Waals surface area contributed by atoms with Gasteiger partial charge in [-0.15, -0.1) is 11.8 Å². The van der Waals surface area contributed by atoms with Gasteiger partial charge >= 0.3 is 5.97 Å². The number of esters is 1. The van der Waals surface area contributed by atoms with Crippen molar-refractivity contribution < 1.29 is 14.3 Å². The Morgan fingerprint density at radius 2 is 2.53 bits per heavy atom. The molecule has 0 bridgehead atoms. The van der Waals surface area contributed by atoms with Gasteiger partial charge in [0.25, 0.3) is 0 Å². The zero-order chi connectivity index (χ0) is 11.0. The van der Waals surface area contributed by atoms with Crippen LogP contribution in [0.25, 0.3) is 0 Å². The summed E-state index contributed by atoms with van der Waals surface area (Å²) in [5, 5.41) is 0.115. The number of allylic oxidation sites excluding steroid dienone is 1. The van der Waals surface area contributed by atoms with Crippen LogP contribution in [-0.2, 0) is 14.3 Å². The number of hydrogen-bond donors (Lipinski definition) is 0. The molecule has 80 valence electrons. The molecule has 15 heavy (non-hydrogen) atoms. The first-order chi connectivity index (χ1) is 7.15. The first-order valence-corrected chi connectivity index (χ1v) is 5.50. The molecule has 0 aromatic rings. The van der Waals surface area contributed by atoms with E-state index in [1.54, 1.807) is 11.8 Å². The molecule has 0 saturated carbocycles. The van der Waals surface area contributed by atoms with Gasteiger partial charge in [0, 0.05) is 4.91 Å². The zero-order valence-electron chi connectivity index (χ0n) is 8.36. The van der Waals surface area contributed by atoms with Crippen LogP contribution in [0.15, 0.2) is 23.3 Å². The fourth-order valence-corrected chi connectivity index (χ4v) is 2.88.